The molecule has 0 atom stereocenters. The van der Waals surface area contributed by atoms with Gasteiger partial charge < -0.3 is 17.7 Å². The van der Waals surface area contributed by atoms with Gasteiger partial charge in [0.1, 0.15) is 0 Å². The van der Waals surface area contributed by atoms with E-state index in [1.165, 1.54) is 0 Å². The number of carbonyl (C=O) groups excluding carboxylic acids is 3. The summed E-state index contributed by atoms with van der Waals surface area (Å²) in [6.07, 6.45) is -0.821. The van der Waals surface area contributed by atoms with E-state index in [0.717, 1.165) is 0 Å². The maximum atomic E-state index is 14.4. The van der Waals surface area contributed by atoms with Crippen LogP contribution in [-0.2, 0) is 32.1 Å². The summed E-state index contributed by atoms with van der Waals surface area (Å²) in [5.74, 6) is -1.78. The summed E-state index contributed by atoms with van der Waals surface area (Å²) in [4.78, 5) is 42.0. The van der Waals surface area contributed by atoms with Gasteiger partial charge in [0.25, 0.3) is 36.9 Å². The van der Waals surface area contributed by atoms with Crippen molar-refractivity contribution in [1.29, 1.82) is 0 Å². The molecule has 0 aromatic rings. The van der Waals surface area contributed by atoms with Gasteiger partial charge in [-0.2, -0.15) is 0 Å². The molecule has 7 nitrogen and oxygen atoms in total. The fourth-order valence-electron chi connectivity index (χ4n) is 2.85. The lowest BCUT2D eigenvalue weighted by Gasteiger charge is -2.46. The van der Waals surface area contributed by atoms with Gasteiger partial charge in [0.15, 0.2) is 13.9 Å². The quantitative estimate of drug-likeness (QED) is 0.218. The maximum absolute atomic E-state index is 14.4. The van der Waals surface area contributed by atoms with Crippen LogP contribution in [0.2, 0.25) is 72.5 Å². The lowest BCUT2D eigenvalue weighted by atomic mass is 9.96. The summed E-state index contributed by atoms with van der Waals surface area (Å²) in [6, 6.07) is 0. The number of carbonyl (C=O) groups is 3. The van der Waals surface area contributed by atoms with Crippen LogP contribution in [0.4, 0.5) is 0 Å². The summed E-state index contributed by atoms with van der Waals surface area (Å²) in [5, 5.41) is -1.04. The van der Waals surface area contributed by atoms with Crippen LogP contribution in [0.3, 0.4) is 0 Å². The van der Waals surface area contributed by atoms with Crippen molar-refractivity contribution in [2.24, 2.45) is 0 Å². The molecule has 0 unspecified atom stereocenters. The van der Waals surface area contributed by atoms with Gasteiger partial charge in [-0.15, -0.1) is 0 Å². The van der Waals surface area contributed by atoms with Crippen molar-refractivity contribution < 1.29 is 32.1 Å². The van der Waals surface area contributed by atoms with Crippen LogP contribution in [0.15, 0.2) is 0 Å². The monoisotopic (exact) mass is 648 g/mol. The first-order chi connectivity index (χ1) is 17.5. The number of hydrogen-bond acceptors (Lipinski definition) is 7. The summed E-state index contributed by atoms with van der Waals surface area (Å²) < 4.78 is 25.5. The van der Waals surface area contributed by atoms with E-state index in [4.69, 9.17) is 17.7 Å². The Hall–Kier alpha value is -0.762. The van der Waals surface area contributed by atoms with E-state index in [2.05, 4.69) is 20.8 Å². The lowest BCUT2D eigenvalue weighted by molar-refractivity contribution is -0.166. The van der Waals surface area contributed by atoms with Crippen LogP contribution in [0.1, 0.15) is 95.9 Å². The van der Waals surface area contributed by atoms with Crippen LogP contribution >= 0.6 is 0 Å². The topological polar surface area (TPSA) is 88.1 Å². The number of hydrogen-bond donors (Lipinski definition) is 0. The van der Waals surface area contributed by atoms with Gasteiger partial charge in [-0.25, -0.2) is 0 Å². The van der Waals surface area contributed by atoms with Gasteiger partial charge in [-0.05, 0) is 72.5 Å². The third kappa shape index (κ3) is 10.4. The van der Waals surface area contributed by atoms with Crippen molar-refractivity contribution in [2.75, 3.05) is 0 Å². The highest BCUT2D eigenvalue weighted by Gasteiger charge is 2.56. The van der Waals surface area contributed by atoms with Gasteiger partial charge in [0.05, 0.1) is 12.8 Å². The van der Waals surface area contributed by atoms with Gasteiger partial charge in [0, 0.05) is 0 Å². The molecular weight excluding hydrogens is 585 g/mol. The van der Waals surface area contributed by atoms with E-state index < -0.39 is 69.6 Å². The third-order valence-electron chi connectivity index (χ3n) is 9.99. The normalized spacial score (nSPS) is 14.9. The maximum Gasteiger partial charge on any atom is 0.325 e. The van der Waals surface area contributed by atoms with E-state index in [9.17, 15) is 14.4 Å². The molecule has 0 aliphatic heterocycles. The first-order valence-corrected chi connectivity index (χ1v) is 26.5. The lowest BCUT2D eigenvalue weighted by Crippen LogP contribution is -2.59. The highest BCUT2D eigenvalue weighted by atomic mass is 28.4. The minimum Gasteiger partial charge on any atom is -0.519 e. The Morgan fingerprint density at radius 3 is 0.927 bits per heavy atom. The predicted octanol–water partition coefficient (Wildman–Crippen LogP) is 9.17. The van der Waals surface area contributed by atoms with E-state index in [-0.39, 0.29) is 20.2 Å². The predicted molar refractivity (Wildman–Crippen MR) is 180 cm³/mol. The molecule has 0 bridgehead atoms. The molecule has 0 radical (unpaired) electrons. The van der Waals surface area contributed by atoms with Crippen molar-refractivity contribution >= 4 is 51.2 Å². The molecule has 0 spiro atoms. The molecule has 242 valence electrons. The SMILES string of the molecule is CC(C)(C)[Si](C)(C)OC(=O)CC(CC(=O)O[Si](C)(C)C(C)(C)C)(O[Si](C)(C)C(C)(C)C)C(=O)O[Si](C)(C)C(C)(C)C. The first kappa shape index (κ1) is 40.2. The van der Waals surface area contributed by atoms with Gasteiger partial charge in [-0.1, -0.05) is 83.1 Å². The molecule has 0 saturated carbocycles. The van der Waals surface area contributed by atoms with Crippen molar-refractivity contribution in [2.45, 2.75) is 174 Å². The van der Waals surface area contributed by atoms with Crippen LogP contribution in [0.5, 0.6) is 0 Å². The summed E-state index contributed by atoms with van der Waals surface area (Å²) in [7, 11) is -10.4. The second-order valence-corrected chi connectivity index (χ2v) is 36.7. The highest BCUT2D eigenvalue weighted by molar-refractivity contribution is 6.77. The molecule has 0 aliphatic carbocycles. The van der Waals surface area contributed by atoms with E-state index >= 15 is 0 Å². The fourth-order valence-corrected chi connectivity index (χ4v) is 7.22. The van der Waals surface area contributed by atoms with Crippen LogP contribution in [0, 0.1) is 0 Å². The minimum atomic E-state index is -2.73. The molecule has 0 aliphatic rings. The smallest absolute Gasteiger partial charge is 0.325 e. The Morgan fingerprint density at radius 1 is 0.439 bits per heavy atom. The average Bonchev–Trinajstić information content (AvgIpc) is 2.62. The van der Waals surface area contributed by atoms with Crippen LogP contribution < -0.4 is 0 Å². The van der Waals surface area contributed by atoms with Crippen molar-refractivity contribution in [3.05, 3.63) is 0 Å². The minimum absolute atomic E-state index is 0.228. The Morgan fingerprint density at radius 2 is 0.683 bits per heavy atom. The Balaban J connectivity index is 7.15. The zero-order valence-corrected chi connectivity index (χ0v) is 34.3. The Kier molecular flexibility index (Phi) is 12.1. The van der Waals surface area contributed by atoms with Crippen molar-refractivity contribution in [3.8, 4) is 0 Å². The third-order valence-corrected chi connectivity index (χ3v) is 27.5. The van der Waals surface area contributed by atoms with E-state index in [0.29, 0.717) is 0 Å². The zero-order valence-electron chi connectivity index (χ0n) is 30.3. The zero-order chi connectivity index (χ0) is 33.5. The van der Waals surface area contributed by atoms with Gasteiger partial charge in [-0.3, -0.25) is 14.4 Å². The summed E-state index contributed by atoms with van der Waals surface area (Å²) >= 11 is 0. The molecule has 0 rings (SSSR count). The highest BCUT2D eigenvalue weighted by Crippen LogP contribution is 2.45. The molecule has 0 amide bonds. The second kappa shape index (κ2) is 12.3. The summed E-state index contributed by atoms with van der Waals surface area (Å²) in [6.45, 7) is 40.5. The molecule has 0 aromatic carbocycles. The molecule has 0 saturated heterocycles. The molecule has 0 aromatic heterocycles. The van der Waals surface area contributed by atoms with Crippen LogP contribution in [0.25, 0.3) is 0 Å². The molecule has 41 heavy (non-hydrogen) atoms. The second-order valence-electron chi connectivity index (χ2n) is 17.8. The van der Waals surface area contributed by atoms with Crippen molar-refractivity contribution in [3.63, 3.8) is 0 Å². The van der Waals surface area contributed by atoms with E-state index in [1.54, 1.807) is 0 Å². The van der Waals surface area contributed by atoms with Gasteiger partial charge in [0.2, 0.25) is 0 Å². The molecule has 11 heteroatoms. The Bertz CT molecular complexity index is 915. The fraction of sp³-hybridized carbons (Fsp3) is 0.900. The summed E-state index contributed by atoms with van der Waals surface area (Å²) in [5.41, 5.74) is -1.86. The molecular formula is C30H64O7Si4. The molecule has 0 heterocycles. The standard InChI is InChI=1S/C30H64O7Si4/c1-26(2,3)38(13,14)34-23(31)21-30(37-41(19,20)29(10,11)12,25(33)36-40(17,18)28(7,8)9)22-24(32)35-39(15,16)27(4,5)6/h21-22H2,1-20H3. The molecule has 0 N–H and O–H groups in total. The first-order valence-electron chi connectivity index (χ1n) is 14.9. The molecule has 0 fully saturated rings. The van der Waals surface area contributed by atoms with Crippen molar-refractivity contribution in [1.82, 2.24) is 0 Å². The van der Waals surface area contributed by atoms with E-state index in [1.807, 2.05) is 115 Å². The largest absolute Gasteiger partial charge is 0.519 e. The average molecular weight is 649 g/mol. The van der Waals surface area contributed by atoms with Gasteiger partial charge >= 0.3 is 5.97 Å². The number of rotatable bonds is 10. The van der Waals surface area contributed by atoms with Crippen LogP contribution in [-0.4, -0.2) is 56.8 Å². The Labute approximate surface area is 256 Å².